The van der Waals surface area contributed by atoms with Gasteiger partial charge in [0.15, 0.2) is 0 Å². The van der Waals surface area contributed by atoms with E-state index in [2.05, 4.69) is 27.1 Å². The van der Waals surface area contributed by atoms with Gasteiger partial charge < -0.3 is 5.32 Å². The largest absolute Gasteiger partial charge is 0.334 e. The Kier molecular flexibility index (Phi) is 4.80. The lowest BCUT2D eigenvalue weighted by molar-refractivity contribution is -0.118. The van der Waals surface area contributed by atoms with Crippen LogP contribution >= 0.6 is 11.3 Å². The van der Waals surface area contributed by atoms with E-state index in [0.717, 1.165) is 29.4 Å². The quantitative estimate of drug-likeness (QED) is 0.833. The molecule has 5 nitrogen and oxygen atoms in total. The molecule has 2 aromatic heterocycles. The molecule has 0 unspecified atom stereocenters. The van der Waals surface area contributed by atoms with Crippen molar-refractivity contribution in [2.24, 2.45) is 0 Å². The van der Waals surface area contributed by atoms with Gasteiger partial charge in [0.05, 0.1) is 17.9 Å². The van der Waals surface area contributed by atoms with Gasteiger partial charge in [-0.2, -0.15) is 0 Å². The van der Waals surface area contributed by atoms with Crippen molar-refractivity contribution in [1.29, 1.82) is 0 Å². The van der Waals surface area contributed by atoms with E-state index in [4.69, 9.17) is 0 Å². The van der Waals surface area contributed by atoms with Crippen LogP contribution in [-0.4, -0.2) is 33.9 Å². The number of nitrogens with one attached hydrogen (secondary N) is 1. The number of unbranched alkanes of at least 4 members (excludes halogenated alkanes) is 2. The average Bonchev–Trinajstić information content (AvgIpc) is 3.15. The van der Waals surface area contributed by atoms with Gasteiger partial charge in [-0.15, -0.1) is 11.3 Å². The van der Waals surface area contributed by atoms with Crippen LogP contribution in [-0.2, 0) is 4.79 Å². The van der Waals surface area contributed by atoms with E-state index in [-0.39, 0.29) is 12.1 Å². The second-order valence-corrected chi connectivity index (χ2v) is 6.30. The Morgan fingerprint density at radius 1 is 1.41 bits per heavy atom. The molecule has 2 aromatic rings. The minimum absolute atomic E-state index is 0.0777. The molecule has 116 valence electrons. The molecule has 1 N–H and O–H groups in total. The molecule has 1 aliphatic heterocycles. The molecular formula is C16H20N4OS. The highest BCUT2D eigenvalue weighted by Gasteiger charge is 2.32. The zero-order valence-electron chi connectivity index (χ0n) is 12.7. The van der Waals surface area contributed by atoms with E-state index < -0.39 is 0 Å². The van der Waals surface area contributed by atoms with Crippen molar-refractivity contribution in [3.05, 3.63) is 35.5 Å². The molecule has 3 rings (SSSR count). The van der Waals surface area contributed by atoms with Gasteiger partial charge in [-0.3, -0.25) is 14.7 Å². The van der Waals surface area contributed by atoms with E-state index in [1.165, 1.54) is 12.8 Å². The standard InChI is InChI=1S/C16H20N4OS/c1-2-3-6-9-20-10-14(21)19-15(20)13-11-22-16(18-13)12-7-4-5-8-17-12/h4-5,7-8,11,15H,2-3,6,9-10H2,1H3,(H,19,21)/t15-/m0/s1. The number of hydrogen-bond acceptors (Lipinski definition) is 5. The summed E-state index contributed by atoms with van der Waals surface area (Å²) >= 11 is 1.57. The molecule has 0 aliphatic carbocycles. The molecule has 1 saturated heterocycles. The molecule has 1 fully saturated rings. The zero-order chi connectivity index (χ0) is 15.4. The number of amides is 1. The second-order valence-electron chi connectivity index (χ2n) is 5.44. The monoisotopic (exact) mass is 316 g/mol. The van der Waals surface area contributed by atoms with Crippen LogP contribution in [0.1, 0.15) is 38.0 Å². The third kappa shape index (κ3) is 3.34. The maximum atomic E-state index is 11.8. The van der Waals surface area contributed by atoms with E-state index in [1.807, 2.05) is 23.6 Å². The van der Waals surface area contributed by atoms with E-state index in [0.29, 0.717) is 6.54 Å². The fourth-order valence-corrected chi connectivity index (χ4v) is 3.43. The van der Waals surface area contributed by atoms with Crippen molar-refractivity contribution in [3.63, 3.8) is 0 Å². The summed E-state index contributed by atoms with van der Waals surface area (Å²) in [7, 11) is 0. The van der Waals surface area contributed by atoms with Crippen molar-refractivity contribution < 1.29 is 4.79 Å². The lowest BCUT2D eigenvalue weighted by Gasteiger charge is -2.21. The fraction of sp³-hybridized carbons (Fsp3) is 0.438. The van der Waals surface area contributed by atoms with Crippen LogP contribution < -0.4 is 5.32 Å². The Morgan fingerprint density at radius 3 is 3.09 bits per heavy atom. The van der Waals surface area contributed by atoms with Gasteiger partial charge in [-0.05, 0) is 18.6 Å². The highest BCUT2D eigenvalue weighted by molar-refractivity contribution is 7.13. The summed E-state index contributed by atoms with van der Waals surface area (Å²) in [5, 5.41) is 5.94. The number of aromatic nitrogens is 2. The smallest absolute Gasteiger partial charge is 0.235 e. The number of carbonyl (C=O) groups excluding carboxylic acids is 1. The van der Waals surface area contributed by atoms with Gasteiger partial charge in [0, 0.05) is 18.1 Å². The number of thiazole rings is 1. The predicted octanol–water partition coefficient (Wildman–Crippen LogP) is 2.83. The van der Waals surface area contributed by atoms with Gasteiger partial charge in [-0.1, -0.05) is 25.8 Å². The van der Waals surface area contributed by atoms with Crippen LogP contribution in [0.25, 0.3) is 10.7 Å². The summed E-state index contributed by atoms with van der Waals surface area (Å²) in [6, 6.07) is 5.80. The first-order valence-corrected chi connectivity index (χ1v) is 8.56. The molecule has 0 radical (unpaired) electrons. The fourth-order valence-electron chi connectivity index (χ4n) is 2.62. The molecule has 0 saturated carbocycles. The SMILES string of the molecule is CCCCCN1CC(=O)N[C@@H]1c1csc(-c2ccccn2)n1. The van der Waals surface area contributed by atoms with Gasteiger partial charge in [-0.25, -0.2) is 4.98 Å². The Morgan fingerprint density at radius 2 is 2.32 bits per heavy atom. The van der Waals surface area contributed by atoms with Gasteiger partial charge in [0.1, 0.15) is 11.2 Å². The highest BCUT2D eigenvalue weighted by atomic mass is 32.1. The molecule has 22 heavy (non-hydrogen) atoms. The average molecular weight is 316 g/mol. The minimum Gasteiger partial charge on any atom is -0.334 e. The molecule has 6 heteroatoms. The molecule has 0 spiro atoms. The number of hydrogen-bond donors (Lipinski definition) is 1. The minimum atomic E-state index is -0.0990. The lowest BCUT2D eigenvalue weighted by Crippen LogP contribution is -2.28. The molecule has 1 amide bonds. The van der Waals surface area contributed by atoms with E-state index in [1.54, 1.807) is 17.5 Å². The predicted molar refractivity (Wildman–Crippen MR) is 87.3 cm³/mol. The topological polar surface area (TPSA) is 58.1 Å². The molecule has 3 heterocycles. The Labute approximate surface area is 134 Å². The third-order valence-electron chi connectivity index (χ3n) is 3.74. The van der Waals surface area contributed by atoms with Crippen molar-refractivity contribution in [2.45, 2.75) is 32.4 Å². The Hall–Kier alpha value is -1.79. The van der Waals surface area contributed by atoms with Crippen LogP contribution in [0.5, 0.6) is 0 Å². The summed E-state index contributed by atoms with van der Waals surface area (Å²) in [5.74, 6) is 0.0777. The molecule has 1 atom stereocenters. The molecular weight excluding hydrogens is 296 g/mol. The summed E-state index contributed by atoms with van der Waals surface area (Å²) in [5.41, 5.74) is 1.79. The van der Waals surface area contributed by atoms with Crippen LogP contribution in [0.15, 0.2) is 29.8 Å². The van der Waals surface area contributed by atoms with Crippen molar-refractivity contribution >= 4 is 17.2 Å². The molecule has 1 aliphatic rings. The van der Waals surface area contributed by atoms with Crippen LogP contribution in [0.4, 0.5) is 0 Å². The first-order valence-electron chi connectivity index (χ1n) is 7.68. The Bertz CT molecular complexity index is 628. The van der Waals surface area contributed by atoms with E-state index >= 15 is 0 Å². The first kappa shape index (κ1) is 15.1. The number of rotatable bonds is 6. The molecule has 0 aromatic carbocycles. The lowest BCUT2D eigenvalue weighted by atomic mass is 10.2. The van der Waals surface area contributed by atoms with Gasteiger partial charge >= 0.3 is 0 Å². The van der Waals surface area contributed by atoms with Crippen LogP contribution in [0.2, 0.25) is 0 Å². The summed E-state index contributed by atoms with van der Waals surface area (Å²) < 4.78 is 0. The maximum absolute atomic E-state index is 11.8. The van der Waals surface area contributed by atoms with Gasteiger partial charge in [0.2, 0.25) is 5.91 Å². The summed E-state index contributed by atoms with van der Waals surface area (Å²) in [6.07, 6.45) is 5.15. The van der Waals surface area contributed by atoms with Crippen LogP contribution in [0.3, 0.4) is 0 Å². The zero-order valence-corrected chi connectivity index (χ0v) is 13.5. The summed E-state index contributed by atoms with van der Waals surface area (Å²) in [6.45, 7) is 3.57. The number of nitrogens with zero attached hydrogens (tertiary/aromatic N) is 3. The number of pyridine rings is 1. The van der Waals surface area contributed by atoms with Crippen molar-refractivity contribution in [1.82, 2.24) is 20.2 Å². The normalized spacial score (nSPS) is 18.6. The highest BCUT2D eigenvalue weighted by Crippen LogP contribution is 2.28. The second kappa shape index (κ2) is 6.98. The van der Waals surface area contributed by atoms with Gasteiger partial charge in [0.25, 0.3) is 0 Å². The summed E-state index contributed by atoms with van der Waals surface area (Å²) in [4.78, 5) is 22.9. The van der Waals surface area contributed by atoms with E-state index in [9.17, 15) is 4.79 Å². The molecule has 0 bridgehead atoms. The number of carbonyl (C=O) groups is 1. The maximum Gasteiger partial charge on any atom is 0.235 e. The first-order chi connectivity index (χ1) is 10.8. The third-order valence-corrected chi connectivity index (χ3v) is 4.63. The van der Waals surface area contributed by atoms with Crippen molar-refractivity contribution in [3.8, 4) is 10.7 Å². The van der Waals surface area contributed by atoms with Crippen LogP contribution in [0, 0.1) is 0 Å². The van der Waals surface area contributed by atoms with Crippen molar-refractivity contribution in [2.75, 3.05) is 13.1 Å². The Balaban J connectivity index is 1.75.